The zero-order chi connectivity index (χ0) is 7.94. The zero-order valence-corrected chi connectivity index (χ0v) is 6.42. The van der Waals surface area contributed by atoms with Crippen LogP contribution >= 0.6 is 0 Å². The molecule has 0 saturated carbocycles. The van der Waals surface area contributed by atoms with Crippen molar-refractivity contribution in [3.8, 4) is 0 Å². The highest BCUT2D eigenvalue weighted by atomic mass is 16.6. The largest absolute Gasteiger partial charge is 0.457 e. The van der Waals surface area contributed by atoms with E-state index in [9.17, 15) is 9.90 Å². The predicted octanol–water partition coefficient (Wildman–Crippen LogP) is 0.319. The summed E-state index contributed by atoms with van der Waals surface area (Å²) in [5, 5.41) is 9.35. The summed E-state index contributed by atoms with van der Waals surface area (Å²) >= 11 is 0. The van der Waals surface area contributed by atoms with Crippen LogP contribution in [0.2, 0.25) is 0 Å². The number of cyclic esters (lactones) is 1. The molecule has 0 aliphatic carbocycles. The van der Waals surface area contributed by atoms with E-state index in [2.05, 4.69) is 0 Å². The predicted molar refractivity (Wildman–Crippen MR) is 35.3 cm³/mol. The third-order valence-electron chi connectivity index (χ3n) is 1.92. The van der Waals surface area contributed by atoms with Gasteiger partial charge in [0.2, 0.25) is 0 Å². The highest BCUT2D eigenvalue weighted by Crippen LogP contribution is 2.30. The topological polar surface area (TPSA) is 46.5 Å². The van der Waals surface area contributed by atoms with Gasteiger partial charge in [0.25, 0.3) is 0 Å². The number of hydrogen-bond donors (Lipinski definition) is 1. The molecule has 1 fully saturated rings. The molecule has 3 nitrogen and oxygen atoms in total. The lowest BCUT2D eigenvalue weighted by Crippen LogP contribution is -2.34. The molecule has 1 aliphatic rings. The molecule has 3 heteroatoms. The third kappa shape index (κ3) is 0.904. The number of hydrogen-bond acceptors (Lipinski definition) is 3. The first kappa shape index (κ1) is 7.54. The maximum absolute atomic E-state index is 10.8. The zero-order valence-electron chi connectivity index (χ0n) is 6.42. The lowest BCUT2D eigenvalue weighted by Gasteiger charge is -2.20. The van der Waals surface area contributed by atoms with Gasteiger partial charge in [0.05, 0.1) is 5.92 Å². The summed E-state index contributed by atoms with van der Waals surface area (Å²) in [6.07, 6.45) is -0.667. The molecule has 0 aromatic rings. The lowest BCUT2D eigenvalue weighted by atomic mass is 9.95. The fourth-order valence-electron chi connectivity index (χ4n) is 1.14. The fourth-order valence-corrected chi connectivity index (χ4v) is 1.14. The minimum atomic E-state index is -0.698. The second kappa shape index (κ2) is 1.95. The summed E-state index contributed by atoms with van der Waals surface area (Å²) in [5.41, 5.74) is -0.698. The summed E-state index contributed by atoms with van der Waals surface area (Å²) in [6.45, 7) is 5.08. The molecule has 0 amide bonds. The van der Waals surface area contributed by atoms with Gasteiger partial charge in [0, 0.05) is 0 Å². The molecule has 0 unspecified atom stereocenters. The molecule has 1 aliphatic heterocycles. The number of ether oxygens (including phenoxy) is 1. The molecule has 2 atom stereocenters. The summed E-state index contributed by atoms with van der Waals surface area (Å²) in [7, 11) is 0. The number of carbonyl (C=O) groups is 1. The van der Waals surface area contributed by atoms with E-state index in [4.69, 9.17) is 4.74 Å². The van der Waals surface area contributed by atoms with Crippen LogP contribution in [0.1, 0.15) is 20.8 Å². The van der Waals surface area contributed by atoms with E-state index < -0.39 is 11.7 Å². The summed E-state index contributed by atoms with van der Waals surface area (Å²) in [5.74, 6) is -0.688. The van der Waals surface area contributed by atoms with Crippen molar-refractivity contribution in [2.45, 2.75) is 32.5 Å². The molecule has 1 heterocycles. The highest BCUT2D eigenvalue weighted by molar-refractivity contribution is 5.75. The Morgan fingerprint density at radius 3 is 2.20 bits per heavy atom. The maximum atomic E-state index is 10.8. The van der Waals surface area contributed by atoms with Crippen molar-refractivity contribution < 1.29 is 14.6 Å². The van der Waals surface area contributed by atoms with Crippen LogP contribution in [0, 0.1) is 5.92 Å². The second-order valence-corrected chi connectivity index (χ2v) is 3.26. The van der Waals surface area contributed by atoms with E-state index in [0.29, 0.717) is 0 Å². The molecule has 0 bridgehead atoms. The van der Waals surface area contributed by atoms with E-state index >= 15 is 0 Å². The molecule has 0 aromatic heterocycles. The van der Waals surface area contributed by atoms with Gasteiger partial charge in [-0.25, -0.2) is 0 Å². The Morgan fingerprint density at radius 2 is 2.10 bits per heavy atom. The van der Waals surface area contributed by atoms with Crippen LogP contribution in [0.25, 0.3) is 0 Å². The highest BCUT2D eigenvalue weighted by Gasteiger charge is 2.46. The molecular formula is C7H12O3. The van der Waals surface area contributed by atoms with E-state index in [-0.39, 0.29) is 11.9 Å². The van der Waals surface area contributed by atoms with E-state index in [1.807, 2.05) is 0 Å². The van der Waals surface area contributed by atoms with Gasteiger partial charge in [0.1, 0.15) is 11.7 Å². The minimum Gasteiger partial charge on any atom is -0.457 e. The first-order valence-corrected chi connectivity index (χ1v) is 3.36. The molecule has 0 spiro atoms. The smallest absolute Gasteiger partial charge is 0.312 e. The molecule has 58 valence electrons. The Hall–Kier alpha value is -0.570. The van der Waals surface area contributed by atoms with Gasteiger partial charge in [-0.3, -0.25) is 4.79 Å². The van der Waals surface area contributed by atoms with Crippen LogP contribution in [0.15, 0.2) is 0 Å². The fraction of sp³-hybridized carbons (Fsp3) is 0.857. The van der Waals surface area contributed by atoms with Crippen molar-refractivity contribution in [3.05, 3.63) is 0 Å². The molecule has 1 rings (SSSR count). The first-order chi connectivity index (χ1) is 4.45. The van der Waals surface area contributed by atoms with Crippen molar-refractivity contribution in [2.75, 3.05) is 0 Å². The quantitative estimate of drug-likeness (QED) is 0.498. The molecule has 0 radical (unpaired) electrons. The van der Waals surface area contributed by atoms with E-state index in [1.165, 1.54) is 0 Å². The molecule has 0 aromatic carbocycles. The van der Waals surface area contributed by atoms with E-state index in [1.54, 1.807) is 20.8 Å². The normalized spacial score (nSPS) is 37.8. The Balaban J connectivity index is 2.81. The van der Waals surface area contributed by atoms with Gasteiger partial charge in [0.15, 0.2) is 0 Å². The maximum Gasteiger partial charge on any atom is 0.312 e. The van der Waals surface area contributed by atoms with Crippen molar-refractivity contribution in [1.82, 2.24) is 0 Å². The Labute approximate surface area is 60.0 Å². The second-order valence-electron chi connectivity index (χ2n) is 3.26. The van der Waals surface area contributed by atoms with Gasteiger partial charge in [-0.2, -0.15) is 0 Å². The monoisotopic (exact) mass is 144 g/mol. The van der Waals surface area contributed by atoms with Gasteiger partial charge in [-0.05, 0) is 20.8 Å². The summed E-state index contributed by atoms with van der Waals surface area (Å²) in [4.78, 5) is 10.8. The van der Waals surface area contributed by atoms with Crippen molar-refractivity contribution in [3.63, 3.8) is 0 Å². The molecular weight excluding hydrogens is 132 g/mol. The Morgan fingerprint density at radius 1 is 1.60 bits per heavy atom. The molecule has 1 N–H and O–H groups in total. The van der Waals surface area contributed by atoms with Crippen LogP contribution in [0.4, 0.5) is 0 Å². The molecule has 1 saturated heterocycles. The SMILES string of the molecule is C[C@@H]1C(=O)OC(C)(C)[C@@H]1O. The number of esters is 1. The van der Waals surface area contributed by atoms with Crippen LogP contribution in [0.5, 0.6) is 0 Å². The van der Waals surface area contributed by atoms with Crippen LogP contribution in [0.3, 0.4) is 0 Å². The Kier molecular flexibility index (Phi) is 1.47. The number of carbonyl (C=O) groups excluding carboxylic acids is 1. The first-order valence-electron chi connectivity index (χ1n) is 3.36. The van der Waals surface area contributed by atoms with Crippen molar-refractivity contribution in [2.24, 2.45) is 5.92 Å². The van der Waals surface area contributed by atoms with E-state index in [0.717, 1.165) is 0 Å². The summed E-state index contributed by atoms with van der Waals surface area (Å²) in [6, 6.07) is 0. The minimum absolute atomic E-state index is 0.308. The van der Waals surface area contributed by atoms with Crippen molar-refractivity contribution >= 4 is 5.97 Å². The third-order valence-corrected chi connectivity index (χ3v) is 1.92. The van der Waals surface area contributed by atoms with Crippen LogP contribution in [-0.2, 0) is 9.53 Å². The number of aliphatic hydroxyl groups is 1. The van der Waals surface area contributed by atoms with Gasteiger partial charge < -0.3 is 9.84 Å². The summed E-state index contributed by atoms with van der Waals surface area (Å²) < 4.78 is 4.88. The number of rotatable bonds is 0. The average molecular weight is 144 g/mol. The van der Waals surface area contributed by atoms with Gasteiger partial charge in [-0.15, -0.1) is 0 Å². The standard InChI is InChI=1S/C7H12O3/c1-4-5(8)7(2,3)10-6(4)9/h4-5,8H,1-3H3/t4-,5+/m0/s1. The Bertz CT molecular complexity index is 162. The lowest BCUT2D eigenvalue weighted by molar-refractivity contribution is -0.149. The molecule has 10 heavy (non-hydrogen) atoms. The van der Waals surface area contributed by atoms with Crippen LogP contribution < -0.4 is 0 Å². The van der Waals surface area contributed by atoms with Crippen molar-refractivity contribution in [1.29, 1.82) is 0 Å². The van der Waals surface area contributed by atoms with Gasteiger partial charge in [-0.1, -0.05) is 0 Å². The number of aliphatic hydroxyl groups excluding tert-OH is 1. The van der Waals surface area contributed by atoms with Gasteiger partial charge >= 0.3 is 5.97 Å². The average Bonchev–Trinajstić information content (AvgIpc) is 1.95. The van der Waals surface area contributed by atoms with Crippen LogP contribution in [-0.4, -0.2) is 22.8 Å².